The molecule has 3 heteroatoms. The summed E-state index contributed by atoms with van der Waals surface area (Å²) in [6.45, 7) is 5.87. The number of hydrogen-bond acceptors (Lipinski definition) is 3. The van der Waals surface area contributed by atoms with E-state index in [4.69, 9.17) is 5.73 Å². The Balaban J connectivity index is 1.78. The predicted octanol–water partition coefficient (Wildman–Crippen LogP) is 3.11. The standard InChI is InChI=1S/C16H27N3/c1-16(2)9-6-15(7-10-16)19(3)11-8-14-5-4-13(17)12-18-14/h4-5,12,15H,6-11,17H2,1-3H3. The van der Waals surface area contributed by atoms with Gasteiger partial charge in [0.25, 0.3) is 0 Å². The van der Waals surface area contributed by atoms with Gasteiger partial charge in [-0.2, -0.15) is 0 Å². The van der Waals surface area contributed by atoms with Crippen molar-refractivity contribution in [1.29, 1.82) is 0 Å². The van der Waals surface area contributed by atoms with Gasteiger partial charge in [-0.25, -0.2) is 0 Å². The zero-order chi connectivity index (χ0) is 13.9. The van der Waals surface area contributed by atoms with Gasteiger partial charge in [0, 0.05) is 24.7 Å². The Morgan fingerprint density at radius 3 is 2.58 bits per heavy atom. The highest BCUT2D eigenvalue weighted by molar-refractivity contribution is 5.34. The van der Waals surface area contributed by atoms with Gasteiger partial charge in [0.2, 0.25) is 0 Å². The van der Waals surface area contributed by atoms with Gasteiger partial charge in [-0.3, -0.25) is 4.98 Å². The monoisotopic (exact) mass is 261 g/mol. The second-order valence-corrected chi connectivity index (χ2v) is 6.71. The fourth-order valence-corrected chi connectivity index (χ4v) is 2.88. The normalized spacial score (nSPS) is 19.8. The van der Waals surface area contributed by atoms with Crippen LogP contribution in [0.25, 0.3) is 0 Å². The van der Waals surface area contributed by atoms with Gasteiger partial charge < -0.3 is 10.6 Å². The molecule has 19 heavy (non-hydrogen) atoms. The third-order valence-corrected chi connectivity index (χ3v) is 4.50. The number of likely N-dealkylation sites (N-methyl/N-ethyl adjacent to an activating group) is 1. The van der Waals surface area contributed by atoms with Gasteiger partial charge in [-0.1, -0.05) is 13.8 Å². The van der Waals surface area contributed by atoms with Gasteiger partial charge >= 0.3 is 0 Å². The van der Waals surface area contributed by atoms with Gasteiger partial charge in [0.15, 0.2) is 0 Å². The lowest BCUT2D eigenvalue weighted by Gasteiger charge is -2.38. The highest BCUT2D eigenvalue weighted by Gasteiger charge is 2.28. The summed E-state index contributed by atoms with van der Waals surface area (Å²) in [5.41, 5.74) is 8.08. The van der Waals surface area contributed by atoms with Crippen LogP contribution >= 0.6 is 0 Å². The summed E-state index contributed by atoms with van der Waals surface area (Å²) < 4.78 is 0. The van der Waals surface area contributed by atoms with Crippen LogP contribution in [0.4, 0.5) is 5.69 Å². The molecule has 1 aliphatic carbocycles. The Kier molecular flexibility index (Phi) is 4.46. The molecule has 1 fully saturated rings. The predicted molar refractivity (Wildman–Crippen MR) is 81.0 cm³/mol. The molecule has 0 saturated heterocycles. The van der Waals surface area contributed by atoms with Crippen LogP contribution in [0.3, 0.4) is 0 Å². The minimum atomic E-state index is 0.551. The van der Waals surface area contributed by atoms with Crippen molar-refractivity contribution in [2.24, 2.45) is 5.41 Å². The first kappa shape index (κ1) is 14.3. The molecule has 0 spiro atoms. The maximum Gasteiger partial charge on any atom is 0.0501 e. The summed E-state index contributed by atoms with van der Waals surface area (Å²) in [7, 11) is 2.25. The van der Waals surface area contributed by atoms with E-state index in [1.165, 1.54) is 25.7 Å². The number of nitrogen functional groups attached to an aromatic ring is 1. The Labute approximate surface area is 117 Å². The SMILES string of the molecule is CN(CCc1ccc(N)cn1)C1CCC(C)(C)CC1. The molecule has 3 nitrogen and oxygen atoms in total. The molecular formula is C16H27N3. The van der Waals surface area contributed by atoms with E-state index >= 15 is 0 Å². The fourth-order valence-electron chi connectivity index (χ4n) is 2.88. The van der Waals surface area contributed by atoms with Crippen LogP contribution in [0.5, 0.6) is 0 Å². The quantitative estimate of drug-likeness (QED) is 0.905. The molecular weight excluding hydrogens is 234 g/mol. The maximum atomic E-state index is 5.65. The average molecular weight is 261 g/mol. The first-order valence-corrected chi connectivity index (χ1v) is 7.37. The molecule has 1 heterocycles. The third-order valence-electron chi connectivity index (χ3n) is 4.50. The van der Waals surface area contributed by atoms with Crippen molar-refractivity contribution in [1.82, 2.24) is 9.88 Å². The second kappa shape index (κ2) is 5.91. The minimum absolute atomic E-state index is 0.551. The Morgan fingerprint density at radius 2 is 2.00 bits per heavy atom. The molecule has 0 aliphatic heterocycles. The Morgan fingerprint density at radius 1 is 1.32 bits per heavy atom. The summed E-state index contributed by atoms with van der Waals surface area (Å²) in [5, 5.41) is 0. The number of hydrogen-bond donors (Lipinski definition) is 1. The van der Waals surface area contributed by atoms with E-state index in [2.05, 4.69) is 30.8 Å². The molecule has 1 aromatic heterocycles. The fraction of sp³-hybridized carbons (Fsp3) is 0.688. The van der Waals surface area contributed by atoms with Crippen LogP contribution in [0.15, 0.2) is 18.3 Å². The van der Waals surface area contributed by atoms with E-state index in [1.54, 1.807) is 6.20 Å². The molecule has 0 aromatic carbocycles. The lowest BCUT2D eigenvalue weighted by molar-refractivity contribution is 0.128. The van der Waals surface area contributed by atoms with Gasteiger partial charge in [0.05, 0.1) is 11.9 Å². The van der Waals surface area contributed by atoms with Crippen molar-refractivity contribution in [3.63, 3.8) is 0 Å². The van der Waals surface area contributed by atoms with E-state index in [0.717, 1.165) is 30.4 Å². The molecule has 0 unspecified atom stereocenters. The van der Waals surface area contributed by atoms with E-state index in [0.29, 0.717) is 5.41 Å². The zero-order valence-electron chi connectivity index (χ0n) is 12.5. The van der Waals surface area contributed by atoms with E-state index in [9.17, 15) is 0 Å². The molecule has 2 N–H and O–H groups in total. The average Bonchev–Trinajstić information content (AvgIpc) is 2.37. The van der Waals surface area contributed by atoms with E-state index in [1.807, 2.05) is 12.1 Å². The zero-order valence-corrected chi connectivity index (χ0v) is 12.5. The number of pyridine rings is 1. The number of aromatic nitrogens is 1. The summed E-state index contributed by atoms with van der Waals surface area (Å²) >= 11 is 0. The lowest BCUT2D eigenvalue weighted by atomic mass is 9.75. The lowest BCUT2D eigenvalue weighted by Crippen LogP contribution is -2.38. The smallest absolute Gasteiger partial charge is 0.0501 e. The van der Waals surface area contributed by atoms with Crippen molar-refractivity contribution in [2.75, 3.05) is 19.3 Å². The van der Waals surface area contributed by atoms with Gasteiger partial charge in [-0.15, -0.1) is 0 Å². The molecule has 1 aromatic rings. The van der Waals surface area contributed by atoms with Crippen LogP contribution < -0.4 is 5.73 Å². The van der Waals surface area contributed by atoms with E-state index < -0.39 is 0 Å². The number of anilines is 1. The minimum Gasteiger partial charge on any atom is -0.397 e. The molecule has 106 valence electrons. The van der Waals surface area contributed by atoms with Crippen molar-refractivity contribution in [3.8, 4) is 0 Å². The molecule has 2 rings (SSSR count). The van der Waals surface area contributed by atoms with Crippen molar-refractivity contribution < 1.29 is 0 Å². The van der Waals surface area contributed by atoms with Crippen molar-refractivity contribution >= 4 is 5.69 Å². The number of nitrogens with two attached hydrogens (primary N) is 1. The summed E-state index contributed by atoms with van der Waals surface area (Å²) in [4.78, 5) is 6.87. The van der Waals surface area contributed by atoms with Crippen molar-refractivity contribution in [3.05, 3.63) is 24.0 Å². The third kappa shape index (κ3) is 4.20. The van der Waals surface area contributed by atoms with Gasteiger partial charge in [-0.05, 0) is 50.3 Å². The topological polar surface area (TPSA) is 42.1 Å². The summed E-state index contributed by atoms with van der Waals surface area (Å²) in [6.07, 6.45) is 8.12. The largest absolute Gasteiger partial charge is 0.397 e. The first-order chi connectivity index (χ1) is 8.96. The van der Waals surface area contributed by atoms with Gasteiger partial charge in [0.1, 0.15) is 0 Å². The first-order valence-electron chi connectivity index (χ1n) is 7.37. The molecule has 0 radical (unpaired) electrons. The molecule has 1 saturated carbocycles. The van der Waals surface area contributed by atoms with Crippen LogP contribution in [0, 0.1) is 5.41 Å². The van der Waals surface area contributed by atoms with Crippen LogP contribution in [-0.2, 0) is 6.42 Å². The Hall–Kier alpha value is -1.09. The number of rotatable bonds is 4. The second-order valence-electron chi connectivity index (χ2n) is 6.71. The highest BCUT2D eigenvalue weighted by atomic mass is 15.1. The summed E-state index contributed by atoms with van der Waals surface area (Å²) in [5.74, 6) is 0. The van der Waals surface area contributed by atoms with Crippen LogP contribution in [0.2, 0.25) is 0 Å². The highest BCUT2D eigenvalue weighted by Crippen LogP contribution is 2.36. The van der Waals surface area contributed by atoms with Crippen LogP contribution in [0.1, 0.15) is 45.2 Å². The molecule has 1 aliphatic rings. The number of nitrogens with zero attached hydrogens (tertiary/aromatic N) is 2. The van der Waals surface area contributed by atoms with Crippen LogP contribution in [-0.4, -0.2) is 29.5 Å². The summed E-state index contributed by atoms with van der Waals surface area (Å²) in [6, 6.07) is 4.72. The molecule has 0 atom stereocenters. The molecule has 0 bridgehead atoms. The molecule has 0 amide bonds. The van der Waals surface area contributed by atoms with Crippen molar-refractivity contribution in [2.45, 2.75) is 52.0 Å². The van der Waals surface area contributed by atoms with E-state index in [-0.39, 0.29) is 0 Å². The maximum absolute atomic E-state index is 5.65. The Bertz CT molecular complexity index is 387.